The minimum atomic E-state index is -0.392. The van der Waals surface area contributed by atoms with Gasteiger partial charge in [0.25, 0.3) is 0 Å². The molecule has 0 amide bonds. The molecule has 1 unspecified atom stereocenters. The summed E-state index contributed by atoms with van der Waals surface area (Å²) in [6.07, 6.45) is 0.336. The fourth-order valence-corrected chi connectivity index (χ4v) is 1.92. The van der Waals surface area contributed by atoms with Crippen LogP contribution >= 0.6 is 0 Å². The first-order chi connectivity index (χ1) is 7.76. The van der Waals surface area contributed by atoms with Crippen molar-refractivity contribution in [1.29, 1.82) is 0 Å². The third kappa shape index (κ3) is 1.89. The number of hydrogen-bond acceptors (Lipinski definition) is 2. The van der Waals surface area contributed by atoms with Gasteiger partial charge in [-0.25, -0.2) is 0 Å². The Morgan fingerprint density at radius 2 is 2.06 bits per heavy atom. The van der Waals surface area contributed by atoms with Gasteiger partial charge in [0.15, 0.2) is 0 Å². The molecule has 2 nitrogen and oxygen atoms in total. The van der Waals surface area contributed by atoms with Gasteiger partial charge in [0.05, 0.1) is 13.2 Å². The summed E-state index contributed by atoms with van der Waals surface area (Å²) in [5.41, 5.74) is 0.989. The average molecular weight is 216 g/mol. The number of rotatable bonds is 3. The predicted octanol–water partition coefficient (Wildman–Crippen LogP) is 3.29. The molecule has 2 aromatic rings. The zero-order valence-electron chi connectivity index (χ0n) is 9.60. The Bertz CT molecular complexity index is 491. The molecule has 0 bridgehead atoms. The van der Waals surface area contributed by atoms with Crippen molar-refractivity contribution in [3.05, 3.63) is 42.0 Å². The Labute approximate surface area is 95.5 Å². The second kappa shape index (κ2) is 4.54. The summed E-state index contributed by atoms with van der Waals surface area (Å²) < 4.78 is 5.19. The van der Waals surface area contributed by atoms with E-state index in [4.69, 9.17) is 4.74 Å². The molecule has 0 saturated heterocycles. The molecule has 0 radical (unpaired) electrons. The standard InChI is InChI=1S/C14H16O2/c1-3-14(15)13-6-4-5-10-9-11(16-2)7-8-12(10)13/h4-9,14-15H,3H2,1-2H3. The molecular weight excluding hydrogens is 200 g/mol. The van der Waals surface area contributed by atoms with Gasteiger partial charge in [-0.3, -0.25) is 0 Å². The molecule has 2 aromatic carbocycles. The van der Waals surface area contributed by atoms with Gasteiger partial charge in [-0.1, -0.05) is 31.2 Å². The van der Waals surface area contributed by atoms with Crippen molar-refractivity contribution in [3.63, 3.8) is 0 Å². The summed E-state index contributed by atoms with van der Waals surface area (Å²) in [6, 6.07) is 11.9. The molecule has 16 heavy (non-hydrogen) atoms. The van der Waals surface area contributed by atoms with Gasteiger partial charge < -0.3 is 9.84 Å². The first-order valence-corrected chi connectivity index (χ1v) is 5.51. The minimum absolute atomic E-state index is 0.392. The fraction of sp³-hybridized carbons (Fsp3) is 0.286. The molecule has 84 valence electrons. The van der Waals surface area contributed by atoms with Crippen LogP contribution in [0.1, 0.15) is 25.0 Å². The normalized spacial score (nSPS) is 12.7. The fourth-order valence-electron chi connectivity index (χ4n) is 1.92. The van der Waals surface area contributed by atoms with Crippen LogP contribution in [0.3, 0.4) is 0 Å². The van der Waals surface area contributed by atoms with Crippen molar-refractivity contribution in [2.45, 2.75) is 19.4 Å². The molecule has 0 spiro atoms. The van der Waals surface area contributed by atoms with Crippen LogP contribution in [-0.4, -0.2) is 12.2 Å². The molecule has 1 atom stereocenters. The van der Waals surface area contributed by atoms with E-state index in [0.29, 0.717) is 0 Å². The minimum Gasteiger partial charge on any atom is -0.497 e. The lowest BCUT2D eigenvalue weighted by molar-refractivity contribution is 0.175. The number of hydrogen-bond donors (Lipinski definition) is 1. The van der Waals surface area contributed by atoms with Gasteiger partial charge in [0.2, 0.25) is 0 Å². The van der Waals surface area contributed by atoms with Gasteiger partial charge in [-0.2, -0.15) is 0 Å². The van der Waals surface area contributed by atoms with E-state index in [0.717, 1.165) is 28.5 Å². The molecule has 0 heterocycles. The van der Waals surface area contributed by atoms with E-state index in [9.17, 15) is 5.11 Å². The van der Waals surface area contributed by atoms with Crippen molar-refractivity contribution in [2.75, 3.05) is 7.11 Å². The van der Waals surface area contributed by atoms with Crippen LogP contribution in [0.5, 0.6) is 5.75 Å². The van der Waals surface area contributed by atoms with E-state index in [1.54, 1.807) is 7.11 Å². The van der Waals surface area contributed by atoms with Crippen LogP contribution in [0.4, 0.5) is 0 Å². The molecule has 2 rings (SSSR count). The van der Waals surface area contributed by atoms with Crippen LogP contribution in [0.2, 0.25) is 0 Å². The monoisotopic (exact) mass is 216 g/mol. The third-order valence-electron chi connectivity index (χ3n) is 2.87. The Kier molecular flexibility index (Phi) is 3.11. The van der Waals surface area contributed by atoms with E-state index >= 15 is 0 Å². The smallest absolute Gasteiger partial charge is 0.119 e. The zero-order valence-corrected chi connectivity index (χ0v) is 9.60. The summed E-state index contributed by atoms with van der Waals surface area (Å²) in [6.45, 7) is 1.98. The van der Waals surface area contributed by atoms with Crippen molar-refractivity contribution in [2.24, 2.45) is 0 Å². The van der Waals surface area contributed by atoms with E-state index in [2.05, 4.69) is 0 Å². The van der Waals surface area contributed by atoms with E-state index < -0.39 is 6.10 Å². The van der Waals surface area contributed by atoms with Crippen LogP contribution in [0, 0.1) is 0 Å². The van der Waals surface area contributed by atoms with Gasteiger partial charge in [-0.05, 0) is 34.9 Å². The largest absolute Gasteiger partial charge is 0.497 e. The Balaban J connectivity index is 2.60. The second-order valence-electron chi connectivity index (χ2n) is 3.86. The molecule has 1 N–H and O–H groups in total. The number of aliphatic hydroxyl groups is 1. The highest BCUT2D eigenvalue weighted by Crippen LogP contribution is 2.28. The highest BCUT2D eigenvalue weighted by Gasteiger charge is 2.08. The summed E-state index contributed by atoms with van der Waals surface area (Å²) in [7, 11) is 1.66. The number of aliphatic hydroxyl groups excluding tert-OH is 1. The summed E-state index contributed by atoms with van der Waals surface area (Å²) >= 11 is 0. The Morgan fingerprint density at radius 1 is 1.25 bits per heavy atom. The zero-order chi connectivity index (χ0) is 11.5. The van der Waals surface area contributed by atoms with Crippen molar-refractivity contribution in [1.82, 2.24) is 0 Å². The number of benzene rings is 2. The maximum atomic E-state index is 9.92. The lowest BCUT2D eigenvalue weighted by atomic mass is 9.99. The summed E-state index contributed by atoms with van der Waals surface area (Å²) in [4.78, 5) is 0. The van der Waals surface area contributed by atoms with Crippen LogP contribution in [-0.2, 0) is 0 Å². The van der Waals surface area contributed by atoms with Gasteiger partial charge in [0, 0.05) is 0 Å². The van der Waals surface area contributed by atoms with Crippen LogP contribution < -0.4 is 4.74 Å². The van der Waals surface area contributed by atoms with Gasteiger partial charge in [0.1, 0.15) is 5.75 Å². The predicted molar refractivity (Wildman–Crippen MR) is 65.8 cm³/mol. The lowest BCUT2D eigenvalue weighted by Gasteiger charge is -2.12. The van der Waals surface area contributed by atoms with Crippen LogP contribution in [0.15, 0.2) is 36.4 Å². The Hall–Kier alpha value is -1.54. The second-order valence-corrected chi connectivity index (χ2v) is 3.86. The van der Waals surface area contributed by atoms with E-state index in [1.165, 1.54) is 0 Å². The molecule has 0 aliphatic carbocycles. The molecule has 2 heteroatoms. The number of fused-ring (bicyclic) bond motifs is 1. The first-order valence-electron chi connectivity index (χ1n) is 5.51. The maximum Gasteiger partial charge on any atom is 0.119 e. The quantitative estimate of drug-likeness (QED) is 0.853. The third-order valence-corrected chi connectivity index (χ3v) is 2.87. The number of methoxy groups -OCH3 is 1. The SMILES string of the molecule is CCC(O)c1cccc2cc(OC)ccc12. The molecule has 0 aliphatic rings. The van der Waals surface area contributed by atoms with Crippen molar-refractivity contribution in [3.8, 4) is 5.75 Å². The van der Waals surface area contributed by atoms with E-state index in [1.807, 2.05) is 43.3 Å². The highest BCUT2D eigenvalue weighted by molar-refractivity contribution is 5.87. The number of ether oxygens (including phenoxy) is 1. The molecule has 0 aliphatic heterocycles. The van der Waals surface area contributed by atoms with Crippen molar-refractivity contribution < 1.29 is 9.84 Å². The molecular formula is C14H16O2. The Morgan fingerprint density at radius 3 is 2.75 bits per heavy atom. The summed E-state index contributed by atoms with van der Waals surface area (Å²) in [5.74, 6) is 0.843. The van der Waals surface area contributed by atoms with E-state index in [-0.39, 0.29) is 0 Å². The lowest BCUT2D eigenvalue weighted by Crippen LogP contribution is -1.96. The van der Waals surface area contributed by atoms with Gasteiger partial charge >= 0.3 is 0 Å². The first kappa shape index (κ1) is 11.0. The molecule has 0 aromatic heterocycles. The summed E-state index contributed by atoms with van der Waals surface area (Å²) in [5, 5.41) is 12.1. The van der Waals surface area contributed by atoms with Crippen LogP contribution in [0.25, 0.3) is 10.8 Å². The average Bonchev–Trinajstić information content (AvgIpc) is 2.36. The van der Waals surface area contributed by atoms with Crippen molar-refractivity contribution >= 4 is 10.8 Å². The topological polar surface area (TPSA) is 29.5 Å². The highest BCUT2D eigenvalue weighted by atomic mass is 16.5. The molecule has 0 fully saturated rings. The molecule has 0 saturated carbocycles. The van der Waals surface area contributed by atoms with Gasteiger partial charge in [-0.15, -0.1) is 0 Å². The maximum absolute atomic E-state index is 9.92.